The number of amides is 4. The molecule has 1 aromatic carbocycles. The van der Waals surface area contributed by atoms with Crippen molar-refractivity contribution >= 4 is 29.3 Å². The molecule has 0 aliphatic carbocycles. The second-order valence-electron chi connectivity index (χ2n) is 8.60. The number of carbonyl (C=O) groups excluding carboxylic acids is 4. The summed E-state index contributed by atoms with van der Waals surface area (Å²) in [6, 6.07) is 8.16. The molecule has 1 saturated heterocycles. The third kappa shape index (κ3) is 3.76. The average Bonchev–Trinajstić information content (AvgIpc) is 3.61. The predicted molar refractivity (Wildman–Crippen MR) is 122 cm³/mol. The summed E-state index contributed by atoms with van der Waals surface area (Å²) < 4.78 is 3.22. The van der Waals surface area contributed by atoms with E-state index >= 15 is 0 Å². The summed E-state index contributed by atoms with van der Waals surface area (Å²) >= 11 is 0. The Hall–Kier alpha value is -4.94. The van der Waals surface area contributed by atoms with Crippen LogP contribution < -0.4 is 10.6 Å². The molecule has 2 aliphatic heterocycles. The Kier molecular flexibility index (Phi) is 5.02. The van der Waals surface area contributed by atoms with Crippen LogP contribution in [0.2, 0.25) is 0 Å². The van der Waals surface area contributed by atoms with E-state index in [4.69, 9.17) is 0 Å². The first kappa shape index (κ1) is 21.6. The van der Waals surface area contributed by atoms with Gasteiger partial charge in [-0.25, -0.2) is 4.68 Å². The fraction of sp³-hybridized carbons (Fsp3) is 0.217. The molecule has 4 aromatic rings. The second-order valence-corrected chi connectivity index (χ2v) is 8.60. The second kappa shape index (κ2) is 8.37. The van der Waals surface area contributed by atoms with Crippen LogP contribution >= 0.6 is 0 Å². The summed E-state index contributed by atoms with van der Waals surface area (Å²) in [6.45, 7) is 0.527. The molecule has 0 bridgehead atoms. The highest BCUT2D eigenvalue weighted by molar-refractivity contribution is 6.05. The molecule has 5 heterocycles. The topological polar surface area (TPSA) is 156 Å². The smallest absolute Gasteiger partial charge is 0.273 e. The van der Waals surface area contributed by atoms with Crippen LogP contribution in [0.4, 0.5) is 0 Å². The van der Waals surface area contributed by atoms with E-state index in [0.717, 1.165) is 11.1 Å². The van der Waals surface area contributed by atoms with Crippen molar-refractivity contribution in [2.24, 2.45) is 0 Å². The van der Waals surface area contributed by atoms with Crippen LogP contribution in [0.15, 0.2) is 49.1 Å². The van der Waals surface area contributed by atoms with E-state index in [1.54, 1.807) is 28.9 Å². The summed E-state index contributed by atoms with van der Waals surface area (Å²) in [7, 11) is 0. The molecule has 0 spiro atoms. The minimum absolute atomic E-state index is 0.139. The Balaban J connectivity index is 1.15. The molecule has 1 unspecified atom stereocenters. The number of imide groups is 1. The fourth-order valence-electron chi connectivity index (χ4n) is 4.44. The molecule has 4 amide bonds. The van der Waals surface area contributed by atoms with Gasteiger partial charge in [0.1, 0.15) is 12.4 Å². The molecule has 3 aromatic heterocycles. The molecule has 2 N–H and O–H groups in total. The Morgan fingerprint density at radius 2 is 2.03 bits per heavy atom. The van der Waals surface area contributed by atoms with Gasteiger partial charge in [0.25, 0.3) is 11.8 Å². The van der Waals surface area contributed by atoms with Gasteiger partial charge >= 0.3 is 0 Å². The van der Waals surface area contributed by atoms with Crippen molar-refractivity contribution in [3.8, 4) is 5.69 Å². The van der Waals surface area contributed by atoms with Gasteiger partial charge in [0.05, 0.1) is 11.9 Å². The van der Waals surface area contributed by atoms with Gasteiger partial charge in [0, 0.05) is 31.3 Å². The molecule has 1 atom stereocenters. The van der Waals surface area contributed by atoms with Crippen molar-refractivity contribution in [1.29, 1.82) is 0 Å². The number of hydrogen-bond acceptors (Lipinski definition) is 8. The highest BCUT2D eigenvalue weighted by Gasteiger charge is 2.39. The predicted octanol–water partition coefficient (Wildman–Crippen LogP) is 0.00100. The molecular weight excluding hydrogens is 466 g/mol. The maximum atomic E-state index is 12.9. The van der Waals surface area contributed by atoms with E-state index in [0.29, 0.717) is 23.3 Å². The highest BCUT2D eigenvalue weighted by atomic mass is 16.2. The van der Waals surface area contributed by atoms with Gasteiger partial charge in [-0.1, -0.05) is 5.21 Å². The van der Waals surface area contributed by atoms with Crippen molar-refractivity contribution in [2.45, 2.75) is 32.0 Å². The monoisotopic (exact) mass is 485 g/mol. The number of pyridine rings is 1. The normalized spacial score (nSPS) is 17.4. The van der Waals surface area contributed by atoms with Gasteiger partial charge < -0.3 is 10.2 Å². The van der Waals surface area contributed by atoms with Gasteiger partial charge in [0.2, 0.25) is 11.8 Å². The molecule has 0 radical (unpaired) electrons. The number of hydrogen-bond donors (Lipinski definition) is 2. The van der Waals surface area contributed by atoms with Crippen LogP contribution in [0.25, 0.3) is 11.3 Å². The molecule has 2 aliphatic rings. The minimum Gasteiger partial charge on any atom is -0.347 e. The lowest BCUT2D eigenvalue weighted by molar-refractivity contribution is -0.136. The zero-order chi connectivity index (χ0) is 24.8. The van der Waals surface area contributed by atoms with Crippen molar-refractivity contribution in [2.75, 3.05) is 0 Å². The minimum atomic E-state index is -0.682. The van der Waals surface area contributed by atoms with E-state index in [2.05, 4.69) is 31.1 Å². The standard InChI is InChI=1S/C23H19N9O4/c33-20-4-3-18(22(35)26-20)31-10-14-8-15(1-2-16(14)23(31)36)32-11-17(27-29-32)21(34)24-9-13-5-6-30-12-25-28-19(30)7-13/h1-2,5-8,11-12,18H,3-4,9-10H2,(H,24,34)(H,26,33,35). The number of carbonyl (C=O) groups is 4. The molecule has 0 saturated carbocycles. The third-order valence-corrected chi connectivity index (χ3v) is 6.32. The van der Waals surface area contributed by atoms with Crippen molar-refractivity contribution in [3.63, 3.8) is 0 Å². The molecule has 180 valence electrons. The summed E-state index contributed by atoms with van der Waals surface area (Å²) in [5.74, 6) is -1.43. The van der Waals surface area contributed by atoms with Crippen LogP contribution in [0.1, 0.15) is 44.8 Å². The molecule has 6 rings (SSSR count). The Bertz CT molecular complexity index is 1560. The lowest BCUT2D eigenvalue weighted by Crippen LogP contribution is -2.52. The van der Waals surface area contributed by atoms with E-state index < -0.39 is 11.9 Å². The molecular formula is C23H19N9O4. The number of piperidine rings is 1. The van der Waals surface area contributed by atoms with Crippen molar-refractivity contribution in [1.82, 2.24) is 45.1 Å². The third-order valence-electron chi connectivity index (χ3n) is 6.32. The van der Waals surface area contributed by atoms with Crippen molar-refractivity contribution in [3.05, 3.63) is 71.4 Å². The lowest BCUT2D eigenvalue weighted by atomic mass is 10.0. The van der Waals surface area contributed by atoms with E-state index in [-0.39, 0.29) is 42.9 Å². The zero-order valence-electron chi connectivity index (χ0n) is 18.8. The number of benzene rings is 1. The van der Waals surface area contributed by atoms with E-state index in [1.165, 1.54) is 15.8 Å². The first-order chi connectivity index (χ1) is 17.5. The van der Waals surface area contributed by atoms with Gasteiger partial charge in [-0.3, -0.25) is 28.9 Å². The number of nitrogens with one attached hydrogen (secondary N) is 2. The summed E-state index contributed by atoms with van der Waals surface area (Å²) in [4.78, 5) is 50.6. The largest absolute Gasteiger partial charge is 0.347 e. The lowest BCUT2D eigenvalue weighted by Gasteiger charge is -2.29. The molecule has 1 fully saturated rings. The SMILES string of the molecule is O=C1CCC(N2Cc3cc(-n4cc(C(=O)NCc5ccn6cnnc6c5)nn4)ccc3C2=O)C(=O)N1. The first-order valence-corrected chi connectivity index (χ1v) is 11.2. The van der Waals surface area contributed by atoms with Gasteiger partial charge in [-0.05, 0) is 47.9 Å². The summed E-state index contributed by atoms with van der Waals surface area (Å²) in [5, 5.41) is 20.9. The van der Waals surface area contributed by atoms with Gasteiger partial charge in [0.15, 0.2) is 11.3 Å². The maximum absolute atomic E-state index is 12.9. The molecule has 13 nitrogen and oxygen atoms in total. The Labute approximate surface area is 203 Å². The first-order valence-electron chi connectivity index (χ1n) is 11.2. The summed E-state index contributed by atoms with van der Waals surface area (Å²) in [6.07, 6.45) is 5.41. The van der Waals surface area contributed by atoms with Crippen LogP contribution in [-0.2, 0) is 22.7 Å². The number of aromatic nitrogens is 6. The number of nitrogens with zero attached hydrogens (tertiary/aromatic N) is 7. The maximum Gasteiger partial charge on any atom is 0.273 e. The van der Waals surface area contributed by atoms with Gasteiger partial charge in [-0.15, -0.1) is 15.3 Å². The van der Waals surface area contributed by atoms with Crippen LogP contribution in [0.3, 0.4) is 0 Å². The fourth-order valence-corrected chi connectivity index (χ4v) is 4.44. The van der Waals surface area contributed by atoms with E-state index in [1.807, 2.05) is 18.3 Å². The summed E-state index contributed by atoms with van der Waals surface area (Å²) in [5.41, 5.74) is 3.52. The highest BCUT2D eigenvalue weighted by Crippen LogP contribution is 2.29. The Morgan fingerprint density at radius 3 is 2.89 bits per heavy atom. The average molecular weight is 485 g/mol. The van der Waals surface area contributed by atoms with Crippen LogP contribution in [0, 0.1) is 0 Å². The van der Waals surface area contributed by atoms with E-state index in [9.17, 15) is 19.2 Å². The zero-order valence-corrected chi connectivity index (χ0v) is 18.8. The number of fused-ring (bicyclic) bond motifs is 2. The van der Waals surface area contributed by atoms with Crippen LogP contribution in [0.5, 0.6) is 0 Å². The quantitative estimate of drug-likeness (QED) is 0.374. The molecule has 13 heteroatoms. The molecule has 36 heavy (non-hydrogen) atoms. The Morgan fingerprint density at radius 1 is 1.14 bits per heavy atom. The van der Waals surface area contributed by atoms with Crippen molar-refractivity contribution < 1.29 is 19.2 Å². The van der Waals surface area contributed by atoms with Gasteiger partial charge in [-0.2, -0.15) is 0 Å². The number of rotatable bonds is 5. The van der Waals surface area contributed by atoms with Crippen LogP contribution in [-0.4, -0.2) is 64.2 Å².